The number of nitrogens with one attached hydrogen (secondary N) is 3. The van der Waals surface area contributed by atoms with Crippen molar-refractivity contribution in [2.75, 3.05) is 13.7 Å². The molecule has 0 aromatic heterocycles. The smallest absolute Gasteiger partial charge is 0.406 e. The van der Waals surface area contributed by atoms with Crippen LogP contribution in [0, 0.1) is 0 Å². The number of hydrogen-bond acceptors (Lipinski definition) is 3. The summed E-state index contributed by atoms with van der Waals surface area (Å²) in [7, 11) is 1.81. The molecule has 5 heteroatoms. The Morgan fingerprint density at radius 1 is 1.64 bits per heavy atom. The maximum absolute atomic E-state index is 10.2. The van der Waals surface area contributed by atoms with Gasteiger partial charge in [0.1, 0.15) is 0 Å². The molecule has 1 aliphatic rings. The average molecular weight is 159 g/mol. The molecule has 0 heterocycles. The fourth-order valence-electron chi connectivity index (χ4n) is 0.933. The monoisotopic (exact) mass is 159 g/mol. The van der Waals surface area contributed by atoms with Crippen molar-refractivity contribution < 1.29 is 9.90 Å². The van der Waals surface area contributed by atoms with Crippen molar-refractivity contribution in [2.45, 2.75) is 18.5 Å². The lowest BCUT2D eigenvalue weighted by atomic mass is 10.5. The fourth-order valence-corrected chi connectivity index (χ4v) is 0.933. The fraction of sp³-hybridized carbons (Fsp3) is 0.833. The average Bonchev–Trinajstić information content (AvgIpc) is 2.64. The van der Waals surface area contributed by atoms with Gasteiger partial charge in [0.2, 0.25) is 0 Å². The summed E-state index contributed by atoms with van der Waals surface area (Å²) in [4.78, 5) is 10.2. The van der Waals surface area contributed by atoms with Gasteiger partial charge in [0.25, 0.3) is 0 Å². The molecule has 1 amide bonds. The van der Waals surface area contributed by atoms with Crippen LogP contribution in [0.4, 0.5) is 4.79 Å². The molecule has 0 atom stereocenters. The Labute approximate surface area is 65.2 Å². The van der Waals surface area contributed by atoms with E-state index in [-0.39, 0.29) is 5.66 Å². The number of rotatable bonds is 4. The van der Waals surface area contributed by atoms with E-state index in [4.69, 9.17) is 5.11 Å². The predicted molar refractivity (Wildman–Crippen MR) is 40.2 cm³/mol. The molecule has 1 rings (SSSR count). The highest BCUT2D eigenvalue weighted by molar-refractivity contribution is 5.66. The highest BCUT2D eigenvalue weighted by Crippen LogP contribution is 2.31. The first-order valence-electron chi connectivity index (χ1n) is 3.59. The van der Waals surface area contributed by atoms with E-state index >= 15 is 0 Å². The van der Waals surface area contributed by atoms with Crippen molar-refractivity contribution >= 4 is 6.09 Å². The molecule has 4 N–H and O–H groups in total. The Balaban J connectivity index is 2.23. The molecular weight excluding hydrogens is 146 g/mol. The molecule has 0 radical (unpaired) electrons. The van der Waals surface area contributed by atoms with Gasteiger partial charge < -0.3 is 15.7 Å². The zero-order chi connectivity index (χ0) is 8.32. The Morgan fingerprint density at radius 3 is 2.64 bits per heavy atom. The van der Waals surface area contributed by atoms with Crippen LogP contribution in [0.15, 0.2) is 0 Å². The molecule has 0 spiro atoms. The summed E-state index contributed by atoms with van der Waals surface area (Å²) in [5, 5.41) is 16.8. The highest BCUT2D eigenvalue weighted by atomic mass is 16.4. The molecule has 0 aromatic carbocycles. The van der Waals surface area contributed by atoms with Crippen LogP contribution in [0.1, 0.15) is 12.8 Å². The van der Waals surface area contributed by atoms with E-state index in [9.17, 15) is 4.79 Å². The van der Waals surface area contributed by atoms with Crippen LogP contribution in [0.5, 0.6) is 0 Å². The van der Waals surface area contributed by atoms with Crippen molar-refractivity contribution in [3.8, 4) is 0 Å². The lowest BCUT2D eigenvalue weighted by molar-refractivity contribution is 0.184. The van der Waals surface area contributed by atoms with Crippen LogP contribution in [0.25, 0.3) is 0 Å². The molecule has 0 bridgehead atoms. The maximum atomic E-state index is 10.2. The topological polar surface area (TPSA) is 73.4 Å². The van der Waals surface area contributed by atoms with Gasteiger partial charge >= 0.3 is 6.09 Å². The predicted octanol–water partition coefficient (Wildman–Crippen LogP) is -0.489. The quantitative estimate of drug-likeness (QED) is 0.418. The summed E-state index contributed by atoms with van der Waals surface area (Å²) in [5.41, 5.74) is -0.338. The Bertz CT molecular complexity index is 156. The van der Waals surface area contributed by atoms with E-state index < -0.39 is 6.09 Å². The van der Waals surface area contributed by atoms with Gasteiger partial charge in [-0.3, -0.25) is 5.32 Å². The second-order valence-corrected chi connectivity index (χ2v) is 2.72. The molecule has 1 saturated carbocycles. The van der Waals surface area contributed by atoms with Gasteiger partial charge in [0.05, 0.1) is 5.66 Å². The Morgan fingerprint density at radius 2 is 2.27 bits per heavy atom. The standard InChI is InChI=1S/C6H13N3O2/c1-7-4-8-6(2-3-6)9-5(10)11/h7-9H,2-4H2,1H3,(H,10,11). The largest absolute Gasteiger partial charge is 0.465 e. The first kappa shape index (κ1) is 8.29. The van der Waals surface area contributed by atoms with E-state index in [1.807, 2.05) is 7.05 Å². The first-order chi connectivity index (χ1) is 5.18. The van der Waals surface area contributed by atoms with E-state index in [1.54, 1.807) is 0 Å². The summed E-state index contributed by atoms with van der Waals surface area (Å²) in [6, 6.07) is 0. The van der Waals surface area contributed by atoms with Crippen molar-refractivity contribution in [2.24, 2.45) is 0 Å². The molecule has 0 saturated heterocycles. The van der Waals surface area contributed by atoms with E-state index in [1.165, 1.54) is 0 Å². The van der Waals surface area contributed by atoms with Gasteiger partial charge in [-0.1, -0.05) is 0 Å². The maximum Gasteiger partial charge on any atom is 0.406 e. The molecule has 1 aliphatic carbocycles. The lowest BCUT2D eigenvalue weighted by Gasteiger charge is -2.16. The normalized spacial score (nSPS) is 19.4. The third-order valence-electron chi connectivity index (χ3n) is 1.70. The van der Waals surface area contributed by atoms with Crippen molar-refractivity contribution in [1.82, 2.24) is 16.0 Å². The summed E-state index contributed by atoms with van der Waals surface area (Å²) in [6.45, 7) is 0.625. The minimum absolute atomic E-state index is 0.338. The van der Waals surface area contributed by atoms with Crippen molar-refractivity contribution in [3.05, 3.63) is 0 Å². The van der Waals surface area contributed by atoms with Crippen LogP contribution in [0.3, 0.4) is 0 Å². The number of carbonyl (C=O) groups is 1. The van der Waals surface area contributed by atoms with E-state index in [2.05, 4.69) is 16.0 Å². The van der Waals surface area contributed by atoms with Crippen molar-refractivity contribution in [1.29, 1.82) is 0 Å². The van der Waals surface area contributed by atoms with Crippen LogP contribution in [0.2, 0.25) is 0 Å². The van der Waals surface area contributed by atoms with E-state index in [0.717, 1.165) is 12.8 Å². The molecule has 0 unspecified atom stereocenters. The number of carboxylic acid groups (broad SMARTS) is 1. The third kappa shape index (κ3) is 2.36. The Kier molecular flexibility index (Phi) is 2.31. The number of amides is 1. The van der Waals surface area contributed by atoms with E-state index in [0.29, 0.717) is 6.67 Å². The highest BCUT2D eigenvalue weighted by Gasteiger charge is 2.43. The zero-order valence-electron chi connectivity index (χ0n) is 6.48. The SMILES string of the molecule is CNCNC1(NC(=O)O)CC1. The first-order valence-corrected chi connectivity index (χ1v) is 3.59. The molecule has 0 aliphatic heterocycles. The second kappa shape index (κ2) is 3.06. The Hall–Kier alpha value is -0.810. The molecule has 5 nitrogen and oxygen atoms in total. The lowest BCUT2D eigenvalue weighted by Crippen LogP contribution is -2.49. The summed E-state index contributed by atoms with van der Waals surface area (Å²) in [6.07, 6.45) is 0.785. The minimum Gasteiger partial charge on any atom is -0.465 e. The van der Waals surface area contributed by atoms with Gasteiger partial charge in [-0.05, 0) is 19.9 Å². The van der Waals surface area contributed by atoms with Gasteiger partial charge in [-0.15, -0.1) is 0 Å². The molecule has 11 heavy (non-hydrogen) atoms. The van der Waals surface area contributed by atoms with Crippen LogP contribution in [-0.2, 0) is 0 Å². The van der Waals surface area contributed by atoms with Crippen molar-refractivity contribution in [3.63, 3.8) is 0 Å². The third-order valence-corrected chi connectivity index (χ3v) is 1.70. The van der Waals surface area contributed by atoms with Crippen LogP contribution < -0.4 is 16.0 Å². The zero-order valence-corrected chi connectivity index (χ0v) is 6.48. The molecule has 0 aromatic rings. The number of hydrogen-bond donors (Lipinski definition) is 4. The summed E-state index contributed by atoms with van der Waals surface area (Å²) < 4.78 is 0. The van der Waals surface area contributed by atoms with Crippen LogP contribution >= 0.6 is 0 Å². The minimum atomic E-state index is -0.967. The van der Waals surface area contributed by atoms with Gasteiger partial charge in [0, 0.05) is 6.67 Å². The summed E-state index contributed by atoms with van der Waals surface area (Å²) >= 11 is 0. The summed E-state index contributed by atoms with van der Waals surface area (Å²) in [5.74, 6) is 0. The molecular formula is C6H13N3O2. The second-order valence-electron chi connectivity index (χ2n) is 2.72. The van der Waals surface area contributed by atoms with Gasteiger partial charge in [-0.2, -0.15) is 0 Å². The van der Waals surface area contributed by atoms with Crippen LogP contribution in [-0.4, -0.2) is 30.6 Å². The van der Waals surface area contributed by atoms with Gasteiger partial charge in [0.15, 0.2) is 0 Å². The van der Waals surface area contributed by atoms with Gasteiger partial charge in [-0.25, -0.2) is 4.79 Å². The molecule has 64 valence electrons. The molecule has 1 fully saturated rings.